The largest absolute Gasteiger partial charge is 0.457 e. The Labute approximate surface area is 114 Å². The molecule has 0 aliphatic rings. The SMILES string of the molecule is CNC(c1cc(C)c(F)c(C)c1)c1ccoc1Br. The summed E-state index contributed by atoms with van der Waals surface area (Å²) in [7, 11) is 1.87. The standard InChI is InChI=1S/C14H15BrFNO/c1-8-6-10(7-9(2)12(8)16)13(17-3)11-4-5-18-14(11)15/h4-7,13,17H,1-3H3. The first-order chi connectivity index (χ1) is 8.54. The third-order valence-corrected chi connectivity index (χ3v) is 3.68. The van der Waals surface area contributed by atoms with Gasteiger partial charge in [-0.05, 0) is 59.6 Å². The third-order valence-electron chi connectivity index (χ3n) is 3.04. The molecule has 1 N–H and O–H groups in total. The van der Waals surface area contributed by atoms with Crippen LogP contribution in [-0.2, 0) is 0 Å². The molecule has 1 atom stereocenters. The Kier molecular flexibility index (Phi) is 3.88. The van der Waals surface area contributed by atoms with Gasteiger partial charge in [0.25, 0.3) is 0 Å². The minimum Gasteiger partial charge on any atom is -0.457 e. The van der Waals surface area contributed by atoms with Crippen molar-refractivity contribution in [3.63, 3.8) is 0 Å². The number of halogens is 2. The molecule has 1 unspecified atom stereocenters. The van der Waals surface area contributed by atoms with E-state index in [4.69, 9.17) is 4.42 Å². The van der Waals surface area contributed by atoms with Gasteiger partial charge in [0.05, 0.1) is 12.3 Å². The molecule has 0 aliphatic heterocycles. The van der Waals surface area contributed by atoms with E-state index in [0.29, 0.717) is 15.8 Å². The van der Waals surface area contributed by atoms with E-state index in [1.54, 1.807) is 20.1 Å². The molecule has 0 radical (unpaired) electrons. The molecule has 96 valence electrons. The second kappa shape index (κ2) is 5.24. The van der Waals surface area contributed by atoms with Crippen LogP contribution in [0.2, 0.25) is 0 Å². The molecule has 18 heavy (non-hydrogen) atoms. The topological polar surface area (TPSA) is 25.2 Å². The van der Waals surface area contributed by atoms with Crippen LogP contribution in [0.3, 0.4) is 0 Å². The van der Waals surface area contributed by atoms with E-state index in [9.17, 15) is 4.39 Å². The number of furan rings is 1. The van der Waals surface area contributed by atoms with E-state index in [1.165, 1.54) is 0 Å². The van der Waals surface area contributed by atoms with Crippen molar-refractivity contribution < 1.29 is 8.81 Å². The molecule has 0 fully saturated rings. The highest BCUT2D eigenvalue weighted by atomic mass is 79.9. The van der Waals surface area contributed by atoms with E-state index in [-0.39, 0.29) is 11.9 Å². The van der Waals surface area contributed by atoms with Crippen molar-refractivity contribution in [2.75, 3.05) is 7.05 Å². The van der Waals surface area contributed by atoms with Crippen molar-refractivity contribution >= 4 is 15.9 Å². The maximum absolute atomic E-state index is 13.7. The van der Waals surface area contributed by atoms with Gasteiger partial charge in [0, 0.05) is 5.56 Å². The molecule has 0 amide bonds. The van der Waals surface area contributed by atoms with Crippen LogP contribution in [0.1, 0.15) is 28.3 Å². The summed E-state index contributed by atoms with van der Waals surface area (Å²) in [5, 5.41) is 3.22. The molecular weight excluding hydrogens is 297 g/mol. The summed E-state index contributed by atoms with van der Waals surface area (Å²) in [5.41, 5.74) is 3.34. The fourth-order valence-electron chi connectivity index (χ4n) is 2.16. The zero-order valence-electron chi connectivity index (χ0n) is 10.6. The maximum atomic E-state index is 13.7. The Morgan fingerprint density at radius 2 is 1.89 bits per heavy atom. The number of nitrogens with one attached hydrogen (secondary N) is 1. The van der Waals surface area contributed by atoms with Crippen LogP contribution in [0.25, 0.3) is 0 Å². The van der Waals surface area contributed by atoms with Crippen molar-refractivity contribution in [2.45, 2.75) is 19.9 Å². The highest BCUT2D eigenvalue weighted by Crippen LogP contribution is 2.30. The first kappa shape index (κ1) is 13.3. The van der Waals surface area contributed by atoms with Gasteiger partial charge in [0.2, 0.25) is 0 Å². The van der Waals surface area contributed by atoms with Crippen LogP contribution in [0, 0.1) is 19.7 Å². The van der Waals surface area contributed by atoms with Crippen molar-refractivity contribution in [2.24, 2.45) is 0 Å². The van der Waals surface area contributed by atoms with Crippen molar-refractivity contribution in [1.29, 1.82) is 0 Å². The fraction of sp³-hybridized carbons (Fsp3) is 0.286. The minimum atomic E-state index is -0.139. The first-order valence-corrected chi connectivity index (χ1v) is 6.50. The van der Waals surface area contributed by atoms with Crippen LogP contribution in [-0.4, -0.2) is 7.05 Å². The second-order valence-corrected chi connectivity index (χ2v) is 5.06. The van der Waals surface area contributed by atoms with Crippen LogP contribution in [0.15, 0.2) is 33.5 Å². The Morgan fingerprint density at radius 3 is 2.33 bits per heavy atom. The van der Waals surface area contributed by atoms with E-state index in [2.05, 4.69) is 21.2 Å². The predicted molar refractivity (Wildman–Crippen MR) is 73.2 cm³/mol. The van der Waals surface area contributed by atoms with Crippen LogP contribution < -0.4 is 5.32 Å². The van der Waals surface area contributed by atoms with Crippen molar-refractivity contribution in [1.82, 2.24) is 5.32 Å². The van der Waals surface area contributed by atoms with E-state index >= 15 is 0 Å². The molecule has 1 heterocycles. The summed E-state index contributed by atoms with van der Waals surface area (Å²) in [6.45, 7) is 3.56. The molecule has 0 saturated carbocycles. The maximum Gasteiger partial charge on any atom is 0.174 e. The average molecular weight is 312 g/mol. The van der Waals surface area contributed by atoms with Crippen LogP contribution in [0.4, 0.5) is 4.39 Å². The van der Waals surface area contributed by atoms with Gasteiger partial charge < -0.3 is 9.73 Å². The average Bonchev–Trinajstić information content (AvgIpc) is 2.74. The zero-order chi connectivity index (χ0) is 13.3. The van der Waals surface area contributed by atoms with Crippen LogP contribution >= 0.6 is 15.9 Å². The number of hydrogen-bond donors (Lipinski definition) is 1. The lowest BCUT2D eigenvalue weighted by Crippen LogP contribution is -2.18. The summed E-state index contributed by atoms with van der Waals surface area (Å²) in [5.74, 6) is -0.139. The molecule has 2 rings (SSSR count). The Hall–Kier alpha value is -1.13. The first-order valence-electron chi connectivity index (χ1n) is 5.71. The highest BCUT2D eigenvalue weighted by Gasteiger charge is 2.18. The number of aryl methyl sites for hydroxylation is 2. The minimum absolute atomic E-state index is 0.0175. The molecule has 1 aromatic carbocycles. The molecule has 0 spiro atoms. The third kappa shape index (κ3) is 2.35. The lowest BCUT2D eigenvalue weighted by Gasteiger charge is -2.17. The van der Waals surface area contributed by atoms with Gasteiger partial charge in [0.15, 0.2) is 4.67 Å². The monoisotopic (exact) mass is 311 g/mol. The summed E-state index contributed by atoms with van der Waals surface area (Å²) in [6, 6.07) is 5.61. The Bertz CT molecular complexity index is 542. The highest BCUT2D eigenvalue weighted by molar-refractivity contribution is 9.10. The molecule has 0 bridgehead atoms. The van der Waals surface area contributed by atoms with E-state index in [0.717, 1.165) is 11.1 Å². The zero-order valence-corrected chi connectivity index (χ0v) is 12.1. The molecule has 0 aliphatic carbocycles. The molecule has 4 heteroatoms. The number of rotatable bonds is 3. The van der Waals surface area contributed by atoms with Gasteiger partial charge in [-0.1, -0.05) is 12.1 Å². The van der Waals surface area contributed by atoms with E-state index < -0.39 is 0 Å². The van der Waals surface area contributed by atoms with Crippen molar-refractivity contribution in [3.8, 4) is 0 Å². The Morgan fingerprint density at radius 1 is 1.28 bits per heavy atom. The molecule has 1 aromatic heterocycles. The molecule has 2 aromatic rings. The predicted octanol–water partition coefficient (Wildman–Crippen LogP) is 4.11. The molecule has 2 nitrogen and oxygen atoms in total. The van der Waals surface area contributed by atoms with Crippen LogP contribution in [0.5, 0.6) is 0 Å². The molecular formula is C14H15BrFNO. The van der Waals surface area contributed by atoms with E-state index in [1.807, 2.05) is 25.2 Å². The lowest BCUT2D eigenvalue weighted by atomic mass is 9.97. The normalized spacial score (nSPS) is 12.7. The number of benzene rings is 1. The number of hydrogen-bond acceptors (Lipinski definition) is 2. The summed E-state index contributed by atoms with van der Waals surface area (Å²) >= 11 is 3.38. The lowest BCUT2D eigenvalue weighted by molar-refractivity contribution is 0.530. The summed E-state index contributed by atoms with van der Waals surface area (Å²) < 4.78 is 19.6. The van der Waals surface area contributed by atoms with Gasteiger partial charge in [-0.25, -0.2) is 4.39 Å². The van der Waals surface area contributed by atoms with Gasteiger partial charge in [-0.15, -0.1) is 0 Å². The second-order valence-electron chi connectivity index (χ2n) is 4.34. The summed E-state index contributed by atoms with van der Waals surface area (Å²) in [6.07, 6.45) is 1.63. The smallest absolute Gasteiger partial charge is 0.174 e. The molecule has 0 saturated heterocycles. The fourth-order valence-corrected chi connectivity index (χ4v) is 2.63. The van der Waals surface area contributed by atoms with Gasteiger partial charge >= 0.3 is 0 Å². The quantitative estimate of drug-likeness (QED) is 0.923. The van der Waals surface area contributed by atoms with Gasteiger partial charge in [0.1, 0.15) is 5.82 Å². The van der Waals surface area contributed by atoms with Gasteiger partial charge in [-0.3, -0.25) is 0 Å². The summed E-state index contributed by atoms with van der Waals surface area (Å²) in [4.78, 5) is 0. The van der Waals surface area contributed by atoms with Gasteiger partial charge in [-0.2, -0.15) is 0 Å². The Balaban J connectivity index is 2.49. The van der Waals surface area contributed by atoms with Crippen molar-refractivity contribution in [3.05, 3.63) is 57.2 Å².